The quantitative estimate of drug-likeness (QED) is 0.511. The van der Waals surface area contributed by atoms with Crippen LogP contribution in [-0.4, -0.2) is 30.5 Å². The first-order valence-corrected chi connectivity index (χ1v) is 13.6. The lowest BCUT2D eigenvalue weighted by atomic mass is 9.85. The zero-order chi connectivity index (χ0) is 24.6. The van der Waals surface area contributed by atoms with Gasteiger partial charge in [0.25, 0.3) is 15.2 Å². The largest absolute Gasteiger partial charge is 0.507 e. The van der Waals surface area contributed by atoms with Crippen LogP contribution >= 0.6 is 0 Å². The molecule has 9 heteroatoms. The van der Waals surface area contributed by atoms with E-state index in [9.17, 15) is 18.3 Å². The zero-order valence-corrected chi connectivity index (χ0v) is 20.5. The maximum absolute atomic E-state index is 13.2. The number of sulfonamides is 1. The molecule has 2 aromatic heterocycles. The molecule has 0 saturated heterocycles. The molecule has 0 radical (unpaired) electrons. The number of fused-ring (bicyclic) bond motifs is 1. The molecular formula is C26H29N3O5S. The average molecular weight is 496 g/mol. The third-order valence-electron chi connectivity index (χ3n) is 7.02. The molecule has 5 rings (SSSR count). The standard InChI is InChI=1S/C26H29N3O5S/c1-29(35(32,33)26-27-14-7-15-28-26)19-9-6-8-18(16-19)22(17-12-13-17)23-24(30)20-10-4-2-3-5-11-21(20)34-25(23)31/h6-9,14-17,22,30H,2-5,10-13H2,1H3. The first-order chi connectivity index (χ1) is 16.9. The van der Waals surface area contributed by atoms with Gasteiger partial charge < -0.3 is 9.52 Å². The fraction of sp³-hybridized carbons (Fsp3) is 0.423. The summed E-state index contributed by atoms with van der Waals surface area (Å²) in [6.07, 6.45) is 10.0. The van der Waals surface area contributed by atoms with Gasteiger partial charge in [0.2, 0.25) is 0 Å². The topological polar surface area (TPSA) is 114 Å². The Balaban J connectivity index is 1.56. The molecule has 1 aromatic carbocycles. The molecule has 0 aliphatic heterocycles. The van der Waals surface area contributed by atoms with Gasteiger partial charge in [0, 0.05) is 37.3 Å². The van der Waals surface area contributed by atoms with Gasteiger partial charge in [0.15, 0.2) is 0 Å². The van der Waals surface area contributed by atoms with Crippen molar-refractivity contribution in [2.24, 2.45) is 5.92 Å². The number of benzene rings is 1. The number of hydrogen-bond acceptors (Lipinski definition) is 7. The molecule has 1 saturated carbocycles. The molecule has 1 atom stereocenters. The highest BCUT2D eigenvalue weighted by atomic mass is 32.2. The van der Waals surface area contributed by atoms with E-state index in [-0.39, 0.29) is 22.7 Å². The zero-order valence-electron chi connectivity index (χ0n) is 19.7. The van der Waals surface area contributed by atoms with Crippen molar-refractivity contribution in [2.75, 3.05) is 11.4 Å². The van der Waals surface area contributed by atoms with E-state index in [1.807, 2.05) is 6.07 Å². The Morgan fingerprint density at radius 1 is 1.06 bits per heavy atom. The molecule has 3 aromatic rings. The normalized spacial score (nSPS) is 17.2. The number of anilines is 1. The Morgan fingerprint density at radius 3 is 2.49 bits per heavy atom. The summed E-state index contributed by atoms with van der Waals surface area (Å²) < 4.78 is 33.0. The van der Waals surface area contributed by atoms with Crippen LogP contribution in [0.3, 0.4) is 0 Å². The summed E-state index contributed by atoms with van der Waals surface area (Å²) in [5.74, 6) is 0.475. The third-order valence-corrected chi connectivity index (χ3v) is 8.63. The van der Waals surface area contributed by atoms with E-state index in [4.69, 9.17) is 4.42 Å². The van der Waals surface area contributed by atoms with Crippen LogP contribution in [0.1, 0.15) is 66.9 Å². The molecule has 1 N–H and O–H groups in total. The van der Waals surface area contributed by atoms with Crippen LogP contribution < -0.4 is 9.93 Å². The van der Waals surface area contributed by atoms with Crippen molar-refractivity contribution >= 4 is 15.7 Å². The first-order valence-electron chi connectivity index (χ1n) is 12.1. The maximum atomic E-state index is 13.2. The van der Waals surface area contributed by atoms with E-state index in [0.717, 1.165) is 54.0 Å². The van der Waals surface area contributed by atoms with Crippen molar-refractivity contribution in [1.29, 1.82) is 0 Å². The van der Waals surface area contributed by atoms with E-state index in [0.29, 0.717) is 29.9 Å². The van der Waals surface area contributed by atoms with Crippen molar-refractivity contribution in [3.8, 4) is 5.75 Å². The number of aromatic hydroxyl groups is 1. The van der Waals surface area contributed by atoms with Crippen LogP contribution in [-0.2, 0) is 22.9 Å². The van der Waals surface area contributed by atoms with Gasteiger partial charge in [-0.15, -0.1) is 0 Å². The second-order valence-corrected chi connectivity index (χ2v) is 11.2. The van der Waals surface area contributed by atoms with Gasteiger partial charge in [0.1, 0.15) is 11.5 Å². The first kappa shape index (κ1) is 23.5. The Kier molecular flexibility index (Phi) is 6.35. The lowest BCUT2D eigenvalue weighted by molar-refractivity contribution is 0.382. The monoisotopic (exact) mass is 495 g/mol. The van der Waals surface area contributed by atoms with E-state index in [1.165, 1.54) is 19.4 Å². The predicted octanol–water partition coefficient (Wildman–Crippen LogP) is 4.16. The number of aryl methyl sites for hydroxylation is 1. The molecule has 1 unspecified atom stereocenters. The lowest BCUT2D eigenvalue weighted by Crippen LogP contribution is -2.28. The molecule has 1 fully saturated rings. The maximum Gasteiger partial charge on any atom is 0.343 e. The van der Waals surface area contributed by atoms with Gasteiger partial charge in [-0.05, 0) is 61.8 Å². The predicted molar refractivity (Wildman–Crippen MR) is 131 cm³/mol. The summed E-state index contributed by atoms with van der Waals surface area (Å²) in [5.41, 5.74) is 1.75. The van der Waals surface area contributed by atoms with Crippen LogP contribution in [0.2, 0.25) is 0 Å². The van der Waals surface area contributed by atoms with Crippen molar-refractivity contribution < 1.29 is 17.9 Å². The van der Waals surface area contributed by atoms with Crippen molar-refractivity contribution in [3.63, 3.8) is 0 Å². The van der Waals surface area contributed by atoms with E-state index >= 15 is 0 Å². The van der Waals surface area contributed by atoms with Crippen LogP contribution in [0.5, 0.6) is 5.75 Å². The molecule has 184 valence electrons. The molecule has 2 aliphatic carbocycles. The Morgan fingerprint density at radius 2 is 1.77 bits per heavy atom. The molecular weight excluding hydrogens is 466 g/mol. The van der Waals surface area contributed by atoms with Crippen LogP contribution in [0.15, 0.2) is 57.1 Å². The number of hydrogen-bond donors (Lipinski definition) is 1. The fourth-order valence-corrected chi connectivity index (χ4v) is 6.02. The lowest BCUT2D eigenvalue weighted by Gasteiger charge is -2.23. The number of aromatic nitrogens is 2. The van der Waals surface area contributed by atoms with Crippen molar-refractivity contribution in [1.82, 2.24) is 9.97 Å². The third kappa shape index (κ3) is 4.57. The average Bonchev–Trinajstić information content (AvgIpc) is 3.68. The summed E-state index contributed by atoms with van der Waals surface area (Å²) in [5, 5.41) is 11.0. The molecule has 2 heterocycles. The minimum Gasteiger partial charge on any atom is -0.507 e. The highest BCUT2D eigenvalue weighted by Crippen LogP contribution is 2.49. The highest BCUT2D eigenvalue weighted by molar-refractivity contribution is 7.92. The van der Waals surface area contributed by atoms with Crippen molar-refractivity contribution in [2.45, 2.75) is 62.4 Å². The summed E-state index contributed by atoms with van der Waals surface area (Å²) in [6, 6.07) is 8.65. The van der Waals surface area contributed by atoms with Crippen LogP contribution in [0.4, 0.5) is 5.69 Å². The van der Waals surface area contributed by atoms with Gasteiger partial charge in [0.05, 0.1) is 11.3 Å². The fourth-order valence-electron chi connectivity index (χ4n) is 4.99. The molecule has 0 spiro atoms. The highest BCUT2D eigenvalue weighted by Gasteiger charge is 2.39. The second-order valence-electron chi connectivity index (χ2n) is 9.38. The van der Waals surface area contributed by atoms with E-state index in [2.05, 4.69) is 9.97 Å². The molecule has 8 nitrogen and oxygen atoms in total. The number of rotatable bonds is 6. The minimum atomic E-state index is -3.96. The number of nitrogens with zero attached hydrogens (tertiary/aromatic N) is 3. The summed E-state index contributed by atoms with van der Waals surface area (Å²) >= 11 is 0. The summed E-state index contributed by atoms with van der Waals surface area (Å²) in [6.45, 7) is 0. The SMILES string of the molecule is CN(c1cccc(C(c2c(O)c3c(oc2=O)CCCCCC3)C2CC2)c1)S(=O)(=O)c1ncccn1. The van der Waals surface area contributed by atoms with Gasteiger partial charge >= 0.3 is 5.63 Å². The van der Waals surface area contributed by atoms with Crippen LogP contribution in [0, 0.1) is 5.92 Å². The Labute approximate surface area is 204 Å². The molecule has 35 heavy (non-hydrogen) atoms. The Bertz CT molecular complexity index is 1380. The molecule has 2 aliphatic rings. The summed E-state index contributed by atoms with van der Waals surface area (Å²) in [4.78, 5) is 21.0. The molecule has 0 amide bonds. The van der Waals surface area contributed by atoms with E-state index in [1.54, 1.807) is 24.3 Å². The van der Waals surface area contributed by atoms with E-state index < -0.39 is 15.6 Å². The van der Waals surface area contributed by atoms with Gasteiger partial charge in [-0.2, -0.15) is 8.42 Å². The van der Waals surface area contributed by atoms with Crippen LogP contribution in [0.25, 0.3) is 0 Å². The van der Waals surface area contributed by atoms with Gasteiger partial charge in [-0.25, -0.2) is 14.8 Å². The van der Waals surface area contributed by atoms with Gasteiger partial charge in [-0.1, -0.05) is 25.0 Å². The van der Waals surface area contributed by atoms with Crippen molar-refractivity contribution in [3.05, 3.63) is 75.6 Å². The minimum absolute atomic E-state index is 0.0547. The smallest absolute Gasteiger partial charge is 0.343 e. The Hall–Kier alpha value is -3.20. The molecule has 0 bridgehead atoms. The summed E-state index contributed by atoms with van der Waals surface area (Å²) in [7, 11) is -2.51. The van der Waals surface area contributed by atoms with Gasteiger partial charge in [-0.3, -0.25) is 4.31 Å². The second kappa shape index (κ2) is 9.45.